The number of sulfonamides is 1. The molecule has 1 heterocycles. The number of hydrogen-bond donors (Lipinski definition) is 2. The Morgan fingerprint density at radius 3 is 2.41 bits per heavy atom. The maximum absolute atomic E-state index is 14.1. The topological polar surface area (TPSA) is 93.7 Å². The van der Waals surface area contributed by atoms with Crippen LogP contribution in [0.2, 0.25) is 0 Å². The zero-order valence-electron chi connectivity index (χ0n) is 25.9. The predicted octanol–water partition coefficient (Wildman–Crippen LogP) is 5.67. The second-order valence-corrected chi connectivity index (χ2v) is 16.1. The third kappa shape index (κ3) is 5.40. The minimum atomic E-state index is -4.00. The van der Waals surface area contributed by atoms with E-state index in [1.165, 1.54) is 6.42 Å². The minimum absolute atomic E-state index is 0.0107. The van der Waals surface area contributed by atoms with Crippen LogP contribution in [-0.4, -0.2) is 45.1 Å². The Kier molecular flexibility index (Phi) is 7.67. The third-order valence-corrected chi connectivity index (χ3v) is 12.8. The number of fused-ring (bicyclic) bond motifs is 1. The third-order valence-electron chi connectivity index (χ3n) is 11.4. The number of carbonyl (C=O) groups excluding carboxylic acids is 1. The maximum atomic E-state index is 14.1. The second-order valence-electron chi connectivity index (χ2n) is 14.4. The van der Waals surface area contributed by atoms with Crippen molar-refractivity contribution >= 4 is 33.8 Å². The molecule has 4 aliphatic carbocycles. The molecular weight excluding hydrogens is 571 g/mol. The molecule has 8 rings (SSSR count). The number of hydrogen-bond acceptors (Lipinski definition) is 5. The van der Waals surface area contributed by atoms with Crippen LogP contribution in [-0.2, 0) is 30.5 Å². The molecule has 1 aliphatic heterocycles. The highest BCUT2D eigenvalue weighted by Crippen LogP contribution is 2.65. The highest BCUT2D eigenvalue weighted by molar-refractivity contribution is 7.89. The van der Waals surface area contributed by atoms with Crippen molar-refractivity contribution in [2.75, 3.05) is 0 Å². The van der Waals surface area contributed by atoms with Crippen LogP contribution in [0.25, 0.3) is 10.8 Å². The van der Waals surface area contributed by atoms with Crippen molar-refractivity contribution in [1.82, 2.24) is 10.0 Å². The van der Waals surface area contributed by atoms with E-state index in [0.717, 1.165) is 48.4 Å². The van der Waals surface area contributed by atoms with E-state index >= 15 is 0 Å². The monoisotopic (exact) mass is 614 g/mol. The molecule has 0 radical (unpaired) electrons. The lowest BCUT2D eigenvalue weighted by Gasteiger charge is -2.64. The van der Waals surface area contributed by atoms with Crippen LogP contribution in [0.5, 0.6) is 0 Å². The standard InChI is InChI=1S/C35H43BN2O5S/c1-34(2)27-21-30(34)35(3)31(22-27)42-36(43-35)32(19-24-12-9-13-24)37-33(39)29(18-23-10-5-4-6-11-23)38-44(40,41)28-17-16-25-14-7-8-15-26(25)20-28/h4-8,10-11,14-17,20,24,27,29-32,38H,9,12-13,18-19,21-22H2,1-3H3,(H,37,39)/t27-,29-,30-,31+,32-,35-/m0/s1. The van der Waals surface area contributed by atoms with Gasteiger partial charge in [0.15, 0.2) is 0 Å². The van der Waals surface area contributed by atoms with Gasteiger partial charge in [-0.2, -0.15) is 4.72 Å². The average molecular weight is 615 g/mol. The van der Waals surface area contributed by atoms with E-state index in [1.807, 2.05) is 54.6 Å². The summed E-state index contributed by atoms with van der Waals surface area (Å²) < 4.78 is 43.7. The fourth-order valence-corrected chi connectivity index (χ4v) is 9.54. The van der Waals surface area contributed by atoms with Crippen molar-refractivity contribution in [2.24, 2.45) is 23.2 Å². The molecule has 1 saturated heterocycles. The van der Waals surface area contributed by atoms with Gasteiger partial charge in [0.05, 0.1) is 22.5 Å². The SMILES string of the molecule is CC1(C)[C@@H]2C[C@H]3OB([C@H](CC4CCC4)NC(=O)[C@H](Cc4ccccc4)NS(=O)(=O)c4ccc5ccccc5c4)O[C@@]3(C)[C@H]1C2. The molecule has 2 N–H and O–H groups in total. The Labute approximate surface area is 261 Å². The zero-order valence-corrected chi connectivity index (χ0v) is 26.7. The molecule has 1 amide bonds. The summed E-state index contributed by atoms with van der Waals surface area (Å²) in [4.78, 5) is 14.3. The number of rotatable bonds is 10. The van der Waals surface area contributed by atoms with Crippen molar-refractivity contribution in [3.63, 3.8) is 0 Å². The van der Waals surface area contributed by atoms with Crippen LogP contribution in [0.1, 0.15) is 64.9 Å². The Morgan fingerprint density at radius 2 is 1.70 bits per heavy atom. The summed E-state index contributed by atoms with van der Waals surface area (Å²) in [5.41, 5.74) is 0.711. The fourth-order valence-electron chi connectivity index (χ4n) is 8.31. The van der Waals surface area contributed by atoms with Crippen LogP contribution < -0.4 is 10.0 Å². The second kappa shape index (κ2) is 11.3. The Bertz CT molecular complexity index is 1650. The van der Waals surface area contributed by atoms with Crippen LogP contribution in [0.3, 0.4) is 0 Å². The summed E-state index contributed by atoms with van der Waals surface area (Å²) in [7, 11) is -4.56. The molecule has 0 spiro atoms. The molecule has 2 bridgehead atoms. The van der Waals surface area contributed by atoms with E-state index in [9.17, 15) is 13.2 Å². The quantitative estimate of drug-likeness (QED) is 0.287. The van der Waals surface area contributed by atoms with E-state index in [0.29, 0.717) is 17.8 Å². The molecule has 4 saturated carbocycles. The number of nitrogens with one attached hydrogen (secondary N) is 2. The summed E-state index contributed by atoms with van der Waals surface area (Å²) in [6, 6.07) is 21.2. The van der Waals surface area contributed by atoms with Crippen molar-refractivity contribution in [3.05, 3.63) is 78.4 Å². The zero-order chi connectivity index (χ0) is 30.7. The molecule has 3 aromatic carbocycles. The Hall–Kier alpha value is -2.72. The molecule has 5 fully saturated rings. The van der Waals surface area contributed by atoms with E-state index in [2.05, 4.69) is 30.8 Å². The van der Waals surface area contributed by atoms with E-state index < -0.39 is 23.2 Å². The van der Waals surface area contributed by atoms with Gasteiger partial charge in [-0.15, -0.1) is 0 Å². The van der Waals surface area contributed by atoms with Crippen LogP contribution in [0, 0.1) is 23.2 Å². The van der Waals surface area contributed by atoms with Crippen molar-refractivity contribution in [2.45, 2.75) is 94.3 Å². The summed E-state index contributed by atoms with van der Waals surface area (Å²) in [6.07, 6.45) is 6.56. The molecule has 6 atom stereocenters. The van der Waals surface area contributed by atoms with E-state index in [4.69, 9.17) is 9.31 Å². The van der Waals surface area contributed by atoms with E-state index in [-0.39, 0.29) is 40.3 Å². The van der Waals surface area contributed by atoms with Crippen LogP contribution in [0.4, 0.5) is 0 Å². The molecule has 0 aromatic heterocycles. The van der Waals surface area contributed by atoms with Gasteiger partial charge in [-0.1, -0.05) is 93.8 Å². The molecular formula is C35H43BN2O5S. The largest absolute Gasteiger partial charge is 0.481 e. The molecule has 3 aromatic rings. The number of carbonyl (C=O) groups is 1. The first-order chi connectivity index (χ1) is 21.0. The van der Waals surface area contributed by atoms with Gasteiger partial charge in [0, 0.05) is 0 Å². The lowest BCUT2D eigenvalue weighted by molar-refractivity contribution is -0.199. The minimum Gasteiger partial charge on any atom is -0.404 e. The van der Waals surface area contributed by atoms with Crippen LogP contribution in [0.15, 0.2) is 77.7 Å². The maximum Gasteiger partial charge on any atom is 0.481 e. The smallest absolute Gasteiger partial charge is 0.404 e. The van der Waals surface area contributed by atoms with Crippen molar-refractivity contribution in [1.29, 1.82) is 0 Å². The van der Waals surface area contributed by atoms with Gasteiger partial charge in [0.1, 0.15) is 6.04 Å². The fraction of sp³-hybridized carbons (Fsp3) is 0.514. The van der Waals surface area contributed by atoms with Gasteiger partial charge >= 0.3 is 7.12 Å². The number of amides is 1. The summed E-state index contributed by atoms with van der Waals surface area (Å²) in [5, 5.41) is 5.02. The molecule has 232 valence electrons. The molecule has 5 aliphatic rings. The van der Waals surface area contributed by atoms with Gasteiger partial charge in [-0.25, -0.2) is 8.42 Å². The summed E-state index contributed by atoms with van der Waals surface area (Å²) in [5.74, 6) is 0.823. The normalized spacial score (nSPS) is 28.9. The first-order valence-electron chi connectivity index (χ1n) is 16.2. The van der Waals surface area contributed by atoms with Gasteiger partial charge in [0.25, 0.3) is 0 Å². The molecule has 0 unspecified atom stereocenters. The summed E-state index contributed by atoms with van der Waals surface area (Å²) in [6.45, 7) is 6.87. The lowest BCUT2D eigenvalue weighted by atomic mass is 9.43. The average Bonchev–Trinajstić information content (AvgIpc) is 3.35. The summed E-state index contributed by atoms with van der Waals surface area (Å²) >= 11 is 0. The van der Waals surface area contributed by atoms with Gasteiger partial charge in [0.2, 0.25) is 15.9 Å². The Balaban J connectivity index is 1.14. The van der Waals surface area contributed by atoms with Crippen molar-refractivity contribution < 1.29 is 22.5 Å². The van der Waals surface area contributed by atoms with E-state index in [1.54, 1.807) is 18.2 Å². The predicted molar refractivity (Wildman–Crippen MR) is 172 cm³/mol. The molecule has 7 nitrogen and oxygen atoms in total. The first-order valence-corrected chi connectivity index (χ1v) is 17.7. The van der Waals surface area contributed by atoms with Gasteiger partial charge in [-0.3, -0.25) is 4.79 Å². The van der Waals surface area contributed by atoms with Crippen molar-refractivity contribution in [3.8, 4) is 0 Å². The highest BCUT2D eigenvalue weighted by atomic mass is 32.2. The number of benzene rings is 3. The molecule has 44 heavy (non-hydrogen) atoms. The lowest BCUT2D eigenvalue weighted by Crippen LogP contribution is -2.65. The van der Waals surface area contributed by atoms with Gasteiger partial charge in [-0.05, 0) is 84.2 Å². The Morgan fingerprint density at radius 1 is 0.977 bits per heavy atom. The highest BCUT2D eigenvalue weighted by Gasteiger charge is 2.68. The molecule has 9 heteroatoms. The van der Waals surface area contributed by atoms with Crippen LogP contribution >= 0.6 is 0 Å². The van der Waals surface area contributed by atoms with Gasteiger partial charge < -0.3 is 14.6 Å². The first kappa shape index (κ1) is 30.0.